The number of primary amides is 1. The number of nitrogens with two attached hydrogens (primary N) is 1. The van der Waals surface area contributed by atoms with Crippen molar-refractivity contribution in [2.45, 2.75) is 31.2 Å². The van der Waals surface area contributed by atoms with Gasteiger partial charge in [0.05, 0.1) is 5.25 Å². The van der Waals surface area contributed by atoms with Gasteiger partial charge in [0.2, 0.25) is 11.8 Å². The van der Waals surface area contributed by atoms with Gasteiger partial charge in [-0.2, -0.15) is 0 Å². The SMILES string of the molecule is Cc1ccc(-c2nnc(S[C@H](C)C(N)=O)o2)cc1C. The molecule has 0 bridgehead atoms. The fourth-order valence-electron chi connectivity index (χ4n) is 1.46. The molecule has 1 aromatic carbocycles. The molecule has 5 nitrogen and oxygen atoms in total. The smallest absolute Gasteiger partial charge is 0.277 e. The predicted molar refractivity (Wildman–Crippen MR) is 73.7 cm³/mol. The highest BCUT2D eigenvalue weighted by molar-refractivity contribution is 8.00. The van der Waals surface area contributed by atoms with Crippen LogP contribution in [0.5, 0.6) is 0 Å². The Labute approximate surface area is 115 Å². The van der Waals surface area contributed by atoms with Crippen LogP contribution in [0.1, 0.15) is 18.1 Å². The van der Waals surface area contributed by atoms with Gasteiger partial charge in [0.1, 0.15) is 0 Å². The molecule has 2 rings (SSSR count). The van der Waals surface area contributed by atoms with E-state index >= 15 is 0 Å². The first-order chi connectivity index (χ1) is 8.97. The zero-order valence-corrected chi connectivity index (χ0v) is 11.8. The van der Waals surface area contributed by atoms with Gasteiger partial charge in [0.15, 0.2) is 0 Å². The molecular weight excluding hydrogens is 262 g/mol. The summed E-state index contributed by atoms with van der Waals surface area (Å²) >= 11 is 1.16. The number of amides is 1. The van der Waals surface area contributed by atoms with Crippen molar-refractivity contribution < 1.29 is 9.21 Å². The molecule has 0 aliphatic heterocycles. The van der Waals surface area contributed by atoms with Crippen LogP contribution < -0.4 is 5.73 Å². The summed E-state index contributed by atoms with van der Waals surface area (Å²) in [6.07, 6.45) is 0. The third-order valence-corrected chi connectivity index (χ3v) is 3.79. The summed E-state index contributed by atoms with van der Waals surface area (Å²) in [7, 11) is 0. The molecule has 19 heavy (non-hydrogen) atoms. The molecule has 2 N–H and O–H groups in total. The Bertz CT molecular complexity index is 610. The molecule has 0 aliphatic rings. The summed E-state index contributed by atoms with van der Waals surface area (Å²) in [5.74, 6) is 0.0400. The van der Waals surface area contributed by atoms with Crippen LogP contribution >= 0.6 is 11.8 Å². The second-order valence-corrected chi connectivity index (χ2v) is 5.63. The number of rotatable bonds is 4. The highest BCUT2D eigenvalue weighted by Crippen LogP contribution is 2.26. The van der Waals surface area contributed by atoms with Crippen LogP contribution in [0.15, 0.2) is 27.8 Å². The summed E-state index contributed by atoms with van der Waals surface area (Å²) in [5, 5.41) is 7.84. The van der Waals surface area contributed by atoms with Crippen molar-refractivity contribution in [3.8, 4) is 11.5 Å². The molecule has 0 fully saturated rings. The summed E-state index contributed by atoms with van der Waals surface area (Å²) in [5.41, 5.74) is 8.43. The fraction of sp³-hybridized carbons (Fsp3) is 0.308. The van der Waals surface area contributed by atoms with E-state index in [1.165, 1.54) is 5.56 Å². The minimum absolute atomic E-state index is 0.347. The van der Waals surface area contributed by atoms with Crippen LogP contribution in [0.25, 0.3) is 11.5 Å². The number of carbonyl (C=O) groups is 1. The minimum atomic E-state index is -0.407. The van der Waals surface area contributed by atoms with E-state index in [2.05, 4.69) is 10.2 Å². The Morgan fingerprint density at radius 3 is 2.68 bits per heavy atom. The highest BCUT2D eigenvalue weighted by atomic mass is 32.2. The highest BCUT2D eigenvalue weighted by Gasteiger charge is 2.16. The van der Waals surface area contributed by atoms with Gasteiger partial charge in [0, 0.05) is 5.56 Å². The van der Waals surface area contributed by atoms with E-state index in [0.29, 0.717) is 11.1 Å². The molecule has 0 aliphatic carbocycles. The van der Waals surface area contributed by atoms with Crippen LogP contribution in [-0.4, -0.2) is 21.4 Å². The molecule has 6 heteroatoms. The average molecular weight is 277 g/mol. The monoisotopic (exact) mass is 277 g/mol. The lowest BCUT2D eigenvalue weighted by atomic mass is 10.1. The van der Waals surface area contributed by atoms with Gasteiger partial charge in [-0.05, 0) is 44.0 Å². The molecular formula is C13H15N3O2S. The van der Waals surface area contributed by atoms with Crippen molar-refractivity contribution >= 4 is 17.7 Å². The third-order valence-electron chi connectivity index (χ3n) is 2.84. The topological polar surface area (TPSA) is 82.0 Å². The predicted octanol–water partition coefficient (Wildman–Crippen LogP) is 2.32. The van der Waals surface area contributed by atoms with Crippen LogP contribution in [0.4, 0.5) is 0 Å². The van der Waals surface area contributed by atoms with Crippen molar-refractivity contribution in [3.05, 3.63) is 29.3 Å². The van der Waals surface area contributed by atoms with Crippen LogP contribution in [0.3, 0.4) is 0 Å². The standard InChI is InChI=1S/C13H15N3O2S/c1-7-4-5-10(6-8(7)2)12-15-16-13(18-12)19-9(3)11(14)17/h4-6,9H,1-3H3,(H2,14,17)/t9-/m1/s1. The first kappa shape index (κ1) is 13.6. The molecule has 1 aromatic heterocycles. The van der Waals surface area contributed by atoms with Crippen molar-refractivity contribution in [1.29, 1.82) is 0 Å². The largest absolute Gasteiger partial charge is 0.411 e. The molecule has 1 heterocycles. The molecule has 0 radical (unpaired) electrons. The number of hydrogen-bond acceptors (Lipinski definition) is 5. The second kappa shape index (κ2) is 5.44. The second-order valence-electron chi connectivity index (χ2n) is 4.33. The molecule has 100 valence electrons. The molecule has 0 spiro atoms. The lowest BCUT2D eigenvalue weighted by Gasteiger charge is -2.02. The Morgan fingerprint density at radius 2 is 2.05 bits per heavy atom. The number of aromatic nitrogens is 2. The number of thioether (sulfide) groups is 1. The van der Waals surface area contributed by atoms with E-state index in [9.17, 15) is 4.79 Å². The Kier molecular flexibility index (Phi) is 3.90. The molecule has 0 saturated carbocycles. The van der Waals surface area contributed by atoms with Crippen molar-refractivity contribution in [3.63, 3.8) is 0 Å². The van der Waals surface area contributed by atoms with E-state index < -0.39 is 11.2 Å². The van der Waals surface area contributed by atoms with Crippen molar-refractivity contribution in [2.75, 3.05) is 0 Å². The zero-order chi connectivity index (χ0) is 14.0. The average Bonchev–Trinajstić information content (AvgIpc) is 2.81. The Balaban J connectivity index is 2.20. The van der Waals surface area contributed by atoms with E-state index in [1.54, 1.807) is 6.92 Å². The van der Waals surface area contributed by atoms with Gasteiger partial charge in [-0.25, -0.2) is 0 Å². The maximum Gasteiger partial charge on any atom is 0.277 e. The van der Waals surface area contributed by atoms with Gasteiger partial charge in [0.25, 0.3) is 5.22 Å². The Hall–Kier alpha value is -1.82. The molecule has 0 unspecified atom stereocenters. The summed E-state index contributed by atoms with van der Waals surface area (Å²) in [6.45, 7) is 5.77. The van der Waals surface area contributed by atoms with E-state index in [4.69, 9.17) is 10.2 Å². The fourth-order valence-corrected chi connectivity index (χ4v) is 2.09. The third kappa shape index (κ3) is 3.14. The number of aryl methyl sites for hydroxylation is 2. The van der Waals surface area contributed by atoms with Crippen LogP contribution in [0.2, 0.25) is 0 Å². The normalized spacial score (nSPS) is 12.4. The summed E-state index contributed by atoms with van der Waals surface area (Å²) < 4.78 is 5.52. The van der Waals surface area contributed by atoms with Gasteiger partial charge < -0.3 is 10.2 Å². The van der Waals surface area contributed by atoms with Gasteiger partial charge in [-0.1, -0.05) is 17.8 Å². The quantitative estimate of drug-likeness (QED) is 0.867. The number of hydrogen-bond donors (Lipinski definition) is 1. The first-order valence-corrected chi connectivity index (χ1v) is 6.72. The number of benzene rings is 1. The number of nitrogens with zero attached hydrogens (tertiary/aromatic N) is 2. The molecule has 2 aromatic rings. The van der Waals surface area contributed by atoms with Gasteiger partial charge >= 0.3 is 0 Å². The van der Waals surface area contributed by atoms with E-state index in [-0.39, 0.29) is 0 Å². The number of carbonyl (C=O) groups excluding carboxylic acids is 1. The molecule has 1 amide bonds. The molecule has 0 saturated heterocycles. The van der Waals surface area contributed by atoms with E-state index in [1.807, 2.05) is 32.0 Å². The maximum absolute atomic E-state index is 11.0. The Morgan fingerprint density at radius 1 is 1.32 bits per heavy atom. The maximum atomic E-state index is 11.0. The zero-order valence-electron chi connectivity index (χ0n) is 11.0. The van der Waals surface area contributed by atoms with Crippen LogP contribution in [0, 0.1) is 13.8 Å². The summed E-state index contributed by atoms with van der Waals surface area (Å²) in [6, 6.07) is 5.93. The summed E-state index contributed by atoms with van der Waals surface area (Å²) in [4.78, 5) is 11.0. The van der Waals surface area contributed by atoms with Gasteiger partial charge in [-0.15, -0.1) is 10.2 Å². The lowest BCUT2D eigenvalue weighted by molar-refractivity contribution is -0.117. The molecule has 1 atom stereocenters. The van der Waals surface area contributed by atoms with Crippen molar-refractivity contribution in [2.24, 2.45) is 5.73 Å². The van der Waals surface area contributed by atoms with Gasteiger partial charge in [-0.3, -0.25) is 4.79 Å². The minimum Gasteiger partial charge on any atom is -0.411 e. The first-order valence-electron chi connectivity index (χ1n) is 5.84. The lowest BCUT2D eigenvalue weighted by Crippen LogP contribution is -2.22. The van der Waals surface area contributed by atoms with E-state index in [0.717, 1.165) is 22.9 Å². The van der Waals surface area contributed by atoms with Crippen LogP contribution in [-0.2, 0) is 4.79 Å². The van der Waals surface area contributed by atoms with Crippen molar-refractivity contribution in [1.82, 2.24) is 10.2 Å².